The molecular formula is C15H22FN3O2S. The minimum atomic E-state index is -2.93. The topological polar surface area (TPSA) is 70.6 Å². The van der Waals surface area contributed by atoms with E-state index < -0.39 is 9.84 Å². The average molecular weight is 327 g/mol. The molecule has 1 aromatic rings. The molecule has 5 nitrogen and oxygen atoms in total. The molecule has 0 saturated carbocycles. The number of sulfone groups is 1. The van der Waals surface area contributed by atoms with Crippen LogP contribution in [0.2, 0.25) is 0 Å². The van der Waals surface area contributed by atoms with Crippen molar-refractivity contribution in [1.82, 2.24) is 10.6 Å². The Bertz CT molecular complexity index is 659. The molecule has 22 heavy (non-hydrogen) atoms. The van der Waals surface area contributed by atoms with Gasteiger partial charge in [0, 0.05) is 12.6 Å². The van der Waals surface area contributed by atoms with Crippen LogP contribution in [-0.4, -0.2) is 38.5 Å². The van der Waals surface area contributed by atoms with Gasteiger partial charge < -0.3 is 10.6 Å². The third-order valence-corrected chi connectivity index (χ3v) is 5.34. The number of benzene rings is 1. The van der Waals surface area contributed by atoms with Crippen molar-refractivity contribution in [3.8, 4) is 0 Å². The summed E-state index contributed by atoms with van der Waals surface area (Å²) in [6.07, 6.45) is 0.589. The monoisotopic (exact) mass is 327 g/mol. The zero-order valence-corrected chi connectivity index (χ0v) is 13.7. The largest absolute Gasteiger partial charge is 0.357 e. The zero-order valence-electron chi connectivity index (χ0n) is 12.9. The predicted molar refractivity (Wildman–Crippen MR) is 86.1 cm³/mol. The molecule has 1 saturated heterocycles. The van der Waals surface area contributed by atoms with Crippen LogP contribution < -0.4 is 10.6 Å². The van der Waals surface area contributed by atoms with Gasteiger partial charge >= 0.3 is 0 Å². The second-order valence-corrected chi connectivity index (χ2v) is 7.75. The molecule has 0 bridgehead atoms. The number of hydrogen-bond acceptors (Lipinski definition) is 3. The lowest BCUT2D eigenvalue weighted by Crippen LogP contribution is -2.44. The van der Waals surface area contributed by atoms with Gasteiger partial charge in [0.1, 0.15) is 5.82 Å². The van der Waals surface area contributed by atoms with Crippen LogP contribution in [0.3, 0.4) is 0 Å². The molecule has 0 spiro atoms. The van der Waals surface area contributed by atoms with E-state index in [-0.39, 0.29) is 23.4 Å². The lowest BCUT2D eigenvalue weighted by Gasteiger charge is -2.15. The number of guanidine groups is 1. The highest BCUT2D eigenvalue weighted by Crippen LogP contribution is 2.12. The van der Waals surface area contributed by atoms with Gasteiger partial charge in [-0.05, 0) is 37.5 Å². The van der Waals surface area contributed by atoms with E-state index in [1.54, 1.807) is 13.0 Å². The fraction of sp³-hybridized carbons (Fsp3) is 0.533. The van der Waals surface area contributed by atoms with Gasteiger partial charge in [0.2, 0.25) is 0 Å². The first kappa shape index (κ1) is 16.7. The molecular weight excluding hydrogens is 305 g/mol. The Morgan fingerprint density at radius 2 is 2.23 bits per heavy atom. The molecule has 122 valence electrons. The molecule has 0 aromatic heterocycles. The minimum Gasteiger partial charge on any atom is -0.357 e. The molecule has 2 rings (SSSR count). The van der Waals surface area contributed by atoms with Crippen LogP contribution in [0.5, 0.6) is 0 Å². The minimum absolute atomic E-state index is 0.113. The molecule has 0 amide bonds. The first-order valence-electron chi connectivity index (χ1n) is 7.40. The number of rotatable bonds is 4. The van der Waals surface area contributed by atoms with E-state index in [1.165, 1.54) is 6.07 Å². The van der Waals surface area contributed by atoms with Gasteiger partial charge in [-0.3, -0.25) is 0 Å². The number of nitrogens with zero attached hydrogens (tertiary/aromatic N) is 1. The molecule has 1 aliphatic rings. The lowest BCUT2D eigenvalue weighted by atomic mass is 10.1. The van der Waals surface area contributed by atoms with E-state index in [0.717, 1.165) is 5.56 Å². The van der Waals surface area contributed by atoms with Crippen LogP contribution in [0.25, 0.3) is 0 Å². The Kier molecular flexibility index (Phi) is 5.39. The third kappa shape index (κ3) is 4.69. The third-order valence-electron chi connectivity index (χ3n) is 3.57. The summed E-state index contributed by atoms with van der Waals surface area (Å²) in [5.41, 5.74) is 1.38. The summed E-state index contributed by atoms with van der Waals surface area (Å²) in [6, 6.07) is 4.93. The van der Waals surface area contributed by atoms with Crippen LogP contribution in [0.1, 0.15) is 24.5 Å². The molecule has 1 aliphatic heterocycles. The highest BCUT2D eigenvalue weighted by molar-refractivity contribution is 7.91. The van der Waals surface area contributed by atoms with Gasteiger partial charge in [-0.1, -0.05) is 12.1 Å². The van der Waals surface area contributed by atoms with Crippen LogP contribution >= 0.6 is 0 Å². The standard InChI is InChI=1S/C15H22FN3O2S/c1-3-17-15(19-13-6-7-22(20,21)10-13)18-9-12-5-4-11(2)14(16)8-12/h4-5,8,13H,3,6-7,9-10H2,1-2H3,(H2,17,18,19). The Morgan fingerprint density at radius 1 is 1.45 bits per heavy atom. The van der Waals surface area contributed by atoms with E-state index in [1.807, 2.05) is 13.0 Å². The second-order valence-electron chi connectivity index (χ2n) is 5.52. The number of hydrogen-bond donors (Lipinski definition) is 2. The second kappa shape index (κ2) is 7.09. The summed E-state index contributed by atoms with van der Waals surface area (Å²) >= 11 is 0. The maximum absolute atomic E-state index is 13.5. The first-order chi connectivity index (χ1) is 10.4. The molecule has 1 heterocycles. The summed E-state index contributed by atoms with van der Waals surface area (Å²) in [5.74, 6) is 0.669. The molecule has 1 aromatic carbocycles. The van der Waals surface area contributed by atoms with Gasteiger partial charge in [-0.15, -0.1) is 0 Å². The molecule has 0 radical (unpaired) electrons. The number of halogens is 1. The van der Waals surface area contributed by atoms with Crippen molar-refractivity contribution in [3.63, 3.8) is 0 Å². The maximum Gasteiger partial charge on any atom is 0.191 e. The normalized spacial score (nSPS) is 20.9. The fourth-order valence-corrected chi connectivity index (χ4v) is 4.00. The Labute approximate surface area is 130 Å². The van der Waals surface area contributed by atoms with Crippen LogP contribution in [0.15, 0.2) is 23.2 Å². The molecule has 1 unspecified atom stereocenters. The van der Waals surface area contributed by atoms with Crippen molar-refractivity contribution in [2.24, 2.45) is 4.99 Å². The maximum atomic E-state index is 13.5. The number of aliphatic imine (C=N–C) groups is 1. The molecule has 1 fully saturated rings. The van der Waals surface area contributed by atoms with Crippen LogP contribution in [0.4, 0.5) is 4.39 Å². The van der Waals surface area contributed by atoms with E-state index in [2.05, 4.69) is 15.6 Å². The summed E-state index contributed by atoms with van der Waals surface area (Å²) in [7, 11) is -2.93. The molecule has 7 heteroatoms. The van der Waals surface area contributed by atoms with Gasteiger partial charge in [-0.2, -0.15) is 0 Å². The van der Waals surface area contributed by atoms with E-state index in [9.17, 15) is 12.8 Å². The van der Waals surface area contributed by atoms with Crippen molar-refractivity contribution in [2.45, 2.75) is 32.9 Å². The average Bonchev–Trinajstić information content (AvgIpc) is 2.79. The first-order valence-corrected chi connectivity index (χ1v) is 9.22. The summed E-state index contributed by atoms with van der Waals surface area (Å²) in [6.45, 7) is 4.67. The highest BCUT2D eigenvalue weighted by Gasteiger charge is 2.28. The molecule has 2 N–H and O–H groups in total. The highest BCUT2D eigenvalue weighted by atomic mass is 32.2. The van der Waals surface area contributed by atoms with Crippen molar-refractivity contribution in [3.05, 3.63) is 35.1 Å². The molecule has 0 aliphatic carbocycles. The van der Waals surface area contributed by atoms with E-state index >= 15 is 0 Å². The predicted octanol–water partition coefficient (Wildman–Crippen LogP) is 1.38. The summed E-state index contributed by atoms with van der Waals surface area (Å²) < 4.78 is 36.5. The zero-order chi connectivity index (χ0) is 16.2. The van der Waals surface area contributed by atoms with Crippen molar-refractivity contribution >= 4 is 15.8 Å². The quantitative estimate of drug-likeness (QED) is 0.647. The van der Waals surface area contributed by atoms with Gasteiger partial charge in [0.05, 0.1) is 18.1 Å². The van der Waals surface area contributed by atoms with Gasteiger partial charge in [0.25, 0.3) is 0 Å². The Hall–Kier alpha value is -1.63. The van der Waals surface area contributed by atoms with Gasteiger partial charge in [0.15, 0.2) is 15.8 Å². The summed E-state index contributed by atoms with van der Waals surface area (Å²) in [4.78, 5) is 4.40. The Morgan fingerprint density at radius 3 is 2.82 bits per heavy atom. The van der Waals surface area contributed by atoms with E-state index in [0.29, 0.717) is 31.0 Å². The SMILES string of the molecule is CCNC(=NCc1ccc(C)c(F)c1)NC1CCS(=O)(=O)C1. The fourth-order valence-electron chi connectivity index (χ4n) is 2.33. The number of aryl methyl sites for hydroxylation is 1. The smallest absolute Gasteiger partial charge is 0.191 e. The number of nitrogens with one attached hydrogen (secondary N) is 2. The summed E-state index contributed by atoms with van der Waals surface area (Å²) in [5, 5.41) is 6.22. The molecule has 1 atom stereocenters. The van der Waals surface area contributed by atoms with Crippen molar-refractivity contribution in [2.75, 3.05) is 18.1 Å². The van der Waals surface area contributed by atoms with E-state index in [4.69, 9.17) is 0 Å². The van der Waals surface area contributed by atoms with Crippen molar-refractivity contribution < 1.29 is 12.8 Å². The van der Waals surface area contributed by atoms with Crippen LogP contribution in [-0.2, 0) is 16.4 Å². The van der Waals surface area contributed by atoms with Gasteiger partial charge in [-0.25, -0.2) is 17.8 Å². The van der Waals surface area contributed by atoms with Crippen molar-refractivity contribution in [1.29, 1.82) is 0 Å². The lowest BCUT2D eigenvalue weighted by molar-refractivity contribution is 0.599. The Balaban J connectivity index is 2.02. The van der Waals surface area contributed by atoms with Crippen LogP contribution in [0, 0.1) is 12.7 Å².